The van der Waals surface area contributed by atoms with Crippen LogP contribution in [0.15, 0.2) is 48.5 Å². The van der Waals surface area contributed by atoms with E-state index >= 15 is 0 Å². The molecule has 1 atom stereocenters. The third-order valence-corrected chi connectivity index (χ3v) is 3.67. The quantitative estimate of drug-likeness (QED) is 0.751. The van der Waals surface area contributed by atoms with Gasteiger partial charge in [0.2, 0.25) is 0 Å². The predicted molar refractivity (Wildman–Crippen MR) is 90.2 cm³/mol. The smallest absolute Gasteiger partial charge is 0.119 e. The van der Waals surface area contributed by atoms with E-state index in [1.807, 2.05) is 12.1 Å². The average molecular weight is 299 g/mol. The maximum Gasteiger partial charge on any atom is 0.119 e. The lowest BCUT2D eigenvalue weighted by atomic mass is 10.1. The van der Waals surface area contributed by atoms with Crippen molar-refractivity contribution in [2.75, 3.05) is 20.3 Å². The highest BCUT2D eigenvalue weighted by atomic mass is 16.5. The van der Waals surface area contributed by atoms with Crippen molar-refractivity contribution in [1.82, 2.24) is 5.32 Å². The molecule has 0 amide bonds. The van der Waals surface area contributed by atoms with Gasteiger partial charge in [-0.3, -0.25) is 0 Å². The summed E-state index contributed by atoms with van der Waals surface area (Å²) in [6.45, 7) is 6.34. The van der Waals surface area contributed by atoms with Crippen LogP contribution in [0, 0.1) is 6.92 Å². The molecular weight excluding hydrogens is 274 g/mol. The van der Waals surface area contributed by atoms with Crippen LogP contribution in [0.2, 0.25) is 0 Å². The van der Waals surface area contributed by atoms with Crippen LogP contribution in [0.1, 0.15) is 29.7 Å². The van der Waals surface area contributed by atoms with Crippen LogP contribution in [0.5, 0.6) is 5.75 Å². The zero-order valence-corrected chi connectivity index (χ0v) is 13.6. The van der Waals surface area contributed by atoms with Gasteiger partial charge in [-0.25, -0.2) is 0 Å². The van der Waals surface area contributed by atoms with Crippen molar-refractivity contribution in [1.29, 1.82) is 0 Å². The molecule has 118 valence electrons. The Morgan fingerprint density at radius 2 is 1.64 bits per heavy atom. The molecule has 0 saturated heterocycles. The van der Waals surface area contributed by atoms with Crippen LogP contribution in [0.25, 0.3) is 0 Å². The molecule has 3 heteroatoms. The van der Waals surface area contributed by atoms with Crippen LogP contribution in [0.3, 0.4) is 0 Å². The second-order valence-electron chi connectivity index (χ2n) is 5.50. The fraction of sp³-hybridized carbons (Fsp3) is 0.368. The highest BCUT2D eigenvalue weighted by molar-refractivity contribution is 5.29. The van der Waals surface area contributed by atoms with Gasteiger partial charge in [0.15, 0.2) is 0 Å². The molecule has 0 fully saturated rings. The normalized spacial score (nSPS) is 12.1. The summed E-state index contributed by atoms with van der Waals surface area (Å²) in [5.41, 5.74) is 3.85. The Hall–Kier alpha value is -1.84. The van der Waals surface area contributed by atoms with E-state index in [0.717, 1.165) is 12.3 Å². The molecule has 0 radical (unpaired) electrons. The molecule has 2 aromatic rings. The second kappa shape index (κ2) is 8.57. The molecular formula is C19H25NO2. The summed E-state index contributed by atoms with van der Waals surface area (Å²) in [6.07, 6.45) is 0. The molecule has 0 aromatic heterocycles. The van der Waals surface area contributed by atoms with Crippen molar-refractivity contribution in [3.8, 4) is 5.75 Å². The lowest BCUT2D eigenvalue weighted by molar-refractivity contribution is 0.146. The van der Waals surface area contributed by atoms with Crippen molar-refractivity contribution in [3.63, 3.8) is 0 Å². The van der Waals surface area contributed by atoms with Gasteiger partial charge in [-0.15, -0.1) is 0 Å². The number of ether oxygens (including phenoxy) is 2. The number of benzene rings is 2. The Morgan fingerprint density at radius 3 is 2.27 bits per heavy atom. The summed E-state index contributed by atoms with van der Waals surface area (Å²) in [4.78, 5) is 0. The first-order chi connectivity index (χ1) is 10.7. The molecule has 0 spiro atoms. The van der Waals surface area contributed by atoms with E-state index in [2.05, 4.69) is 55.6 Å². The Bertz CT molecular complexity index is 549. The summed E-state index contributed by atoms with van der Waals surface area (Å²) in [5, 5.41) is 3.55. The van der Waals surface area contributed by atoms with Gasteiger partial charge in [-0.2, -0.15) is 0 Å². The summed E-state index contributed by atoms with van der Waals surface area (Å²) in [7, 11) is 1.67. The fourth-order valence-corrected chi connectivity index (χ4v) is 2.19. The maximum atomic E-state index is 5.58. The standard InChI is InChI=1S/C19H25NO2/c1-15-4-6-17(7-5-15)14-20-16(2)18-8-10-19(11-9-18)22-13-12-21-3/h4-11,16,20H,12-14H2,1-3H3. The summed E-state index contributed by atoms with van der Waals surface area (Å²) >= 11 is 0. The molecule has 2 rings (SSSR count). The summed E-state index contributed by atoms with van der Waals surface area (Å²) < 4.78 is 10.5. The van der Waals surface area contributed by atoms with Crippen LogP contribution in [-0.2, 0) is 11.3 Å². The Morgan fingerprint density at radius 1 is 0.955 bits per heavy atom. The molecule has 0 heterocycles. The Kier molecular flexibility index (Phi) is 6.44. The minimum absolute atomic E-state index is 0.300. The van der Waals surface area contributed by atoms with Gasteiger partial charge in [0.05, 0.1) is 6.61 Å². The molecule has 1 unspecified atom stereocenters. The average Bonchev–Trinajstić information content (AvgIpc) is 2.55. The molecule has 0 bridgehead atoms. The molecule has 0 saturated carbocycles. The predicted octanol–water partition coefficient (Wildman–Crippen LogP) is 3.87. The first-order valence-electron chi connectivity index (χ1n) is 7.69. The third-order valence-electron chi connectivity index (χ3n) is 3.67. The lowest BCUT2D eigenvalue weighted by Gasteiger charge is -2.15. The number of nitrogens with one attached hydrogen (secondary N) is 1. The first kappa shape index (κ1) is 16.5. The molecule has 2 aromatic carbocycles. The van der Waals surface area contributed by atoms with E-state index in [1.54, 1.807) is 7.11 Å². The van der Waals surface area contributed by atoms with Crippen molar-refractivity contribution < 1.29 is 9.47 Å². The number of methoxy groups -OCH3 is 1. The first-order valence-corrected chi connectivity index (χ1v) is 7.69. The minimum atomic E-state index is 0.300. The SMILES string of the molecule is COCCOc1ccc(C(C)NCc2ccc(C)cc2)cc1. The number of rotatable bonds is 8. The number of hydrogen-bond acceptors (Lipinski definition) is 3. The van der Waals surface area contributed by atoms with Gasteiger partial charge >= 0.3 is 0 Å². The minimum Gasteiger partial charge on any atom is -0.491 e. The summed E-state index contributed by atoms with van der Waals surface area (Å²) in [5.74, 6) is 0.881. The topological polar surface area (TPSA) is 30.5 Å². The molecule has 1 N–H and O–H groups in total. The van der Waals surface area contributed by atoms with Gasteiger partial charge in [-0.05, 0) is 37.1 Å². The van der Waals surface area contributed by atoms with E-state index < -0.39 is 0 Å². The van der Waals surface area contributed by atoms with Gasteiger partial charge in [0.25, 0.3) is 0 Å². The van der Waals surface area contributed by atoms with Gasteiger partial charge < -0.3 is 14.8 Å². The monoisotopic (exact) mass is 299 g/mol. The fourth-order valence-electron chi connectivity index (χ4n) is 2.19. The third kappa shape index (κ3) is 5.17. The highest BCUT2D eigenvalue weighted by Gasteiger charge is 2.05. The van der Waals surface area contributed by atoms with E-state index in [1.165, 1.54) is 16.7 Å². The molecule has 0 aliphatic rings. The van der Waals surface area contributed by atoms with Crippen molar-refractivity contribution in [2.24, 2.45) is 0 Å². The maximum absolute atomic E-state index is 5.58. The van der Waals surface area contributed by atoms with Crippen LogP contribution in [0.4, 0.5) is 0 Å². The molecule has 22 heavy (non-hydrogen) atoms. The van der Waals surface area contributed by atoms with Crippen molar-refractivity contribution in [3.05, 3.63) is 65.2 Å². The van der Waals surface area contributed by atoms with E-state index in [4.69, 9.17) is 9.47 Å². The van der Waals surface area contributed by atoms with Crippen molar-refractivity contribution >= 4 is 0 Å². The summed E-state index contributed by atoms with van der Waals surface area (Å²) in [6, 6.07) is 17.2. The van der Waals surface area contributed by atoms with Crippen LogP contribution in [-0.4, -0.2) is 20.3 Å². The van der Waals surface area contributed by atoms with Crippen molar-refractivity contribution in [2.45, 2.75) is 26.4 Å². The van der Waals surface area contributed by atoms with Crippen LogP contribution < -0.4 is 10.1 Å². The zero-order chi connectivity index (χ0) is 15.8. The highest BCUT2D eigenvalue weighted by Crippen LogP contribution is 2.18. The lowest BCUT2D eigenvalue weighted by Crippen LogP contribution is -2.18. The van der Waals surface area contributed by atoms with Gasteiger partial charge in [-0.1, -0.05) is 42.0 Å². The van der Waals surface area contributed by atoms with Gasteiger partial charge in [0.1, 0.15) is 12.4 Å². The van der Waals surface area contributed by atoms with E-state index in [-0.39, 0.29) is 0 Å². The van der Waals surface area contributed by atoms with Gasteiger partial charge in [0, 0.05) is 19.7 Å². The molecule has 0 aliphatic carbocycles. The Balaban J connectivity index is 1.84. The molecule has 0 aliphatic heterocycles. The van der Waals surface area contributed by atoms with E-state index in [9.17, 15) is 0 Å². The van der Waals surface area contributed by atoms with Crippen LogP contribution >= 0.6 is 0 Å². The second-order valence-corrected chi connectivity index (χ2v) is 5.50. The number of hydrogen-bond donors (Lipinski definition) is 1. The number of aryl methyl sites for hydroxylation is 1. The van der Waals surface area contributed by atoms with E-state index in [0.29, 0.717) is 19.3 Å². The molecule has 3 nitrogen and oxygen atoms in total. The Labute approximate surface area is 133 Å². The zero-order valence-electron chi connectivity index (χ0n) is 13.6. The largest absolute Gasteiger partial charge is 0.491 e.